The van der Waals surface area contributed by atoms with Crippen LogP contribution in [0.4, 0.5) is 0 Å². The molecule has 0 saturated carbocycles. The summed E-state index contributed by atoms with van der Waals surface area (Å²) in [5.74, 6) is 0.927. The number of hydrogen-bond donors (Lipinski definition) is 1. The van der Waals surface area contributed by atoms with Crippen LogP contribution in [0.2, 0.25) is 0 Å². The molecule has 2 N–H and O–H groups in total. The van der Waals surface area contributed by atoms with Gasteiger partial charge in [-0.2, -0.15) is 0 Å². The lowest BCUT2D eigenvalue weighted by atomic mass is 10.1. The summed E-state index contributed by atoms with van der Waals surface area (Å²) in [6.45, 7) is 6.50. The predicted molar refractivity (Wildman–Crippen MR) is 69.2 cm³/mol. The number of nitrogens with two attached hydrogens (primary N) is 1. The van der Waals surface area contributed by atoms with Crippen LogP contribution in [0.3, 0.4) is 0 Å². The van der Waals surface area contributed by atoms with Crippen LogP contribution in [0.25, 0.3) is 0 Å². The zero-order chi connectivity index (χ0) is 12.8. The molecule has 1 aromatic heterocycles. The molecule has 1 fully saturated rings. The van der Waals surface area contributed by atoms with Gasteiger partial charge < -0.3 is 14.9 Å². The van der Waals surface area contributed by atoms with E-state index in [0.717, 1.165) is 57.0 Å². The number of hydrogen-bond acceptors (Lipinski definition) is 5. The molecule has 0 aromatic carbocycles. The number of piperidine rings is 1. The third-order valence-corrected chi connectivity index (χ3v) is 3.45. The van der Waals surface area contributed by atoms with E-state index >= 15 is 0 Å². The minimum atomic E-state index is 0.409. The van der Waals surface area contributed by atoms with Gasteiger partial charge in [0.1, 0.15) is 5.76 Å². The Morgan fingerprint density at radius 2 is 2.28 bits per heavy atom. The number of nitrogens with zero attached hydrogens (tertiary/aromatic N) is 2. The van der Waals surface area contributed by atoms with E-state index < -0.39 is 0 Å². The van der Waals surface area contributed by atoms with Gasteiger partial charge in [-0.15, -0.1) is 0 Å². The number of likely N-dealkylation sites (tertiary alicyclic amines) is 1. The van der Waals surface area contributed by atoms with Crippen molar-refractivity contribution in [2.75, 3.05) is 26.2 Å². The molecule has 0 aliphatic carbocycles. The first-order chi connectivity index (χ1) is 8.79. The van der Waals surface area contributed by atoms with Crippen LogP contribution in [-0.2, 0) is 11.3 Å². The van der Waals surface area contributed by atoms with Gasteiger partial charge in [-0.05, 0) is 32.7 Å². The summed E-state index contributed by atoms with van der Waals surface area (Å²) in [4.78, 5) is 6.65. The molecule has 2 rings (SSSR count). The molecule has 1 aromatic rings. The molecule has 0 spiro atoms. The van der Waals surface area contributed by atoms with Gasteiger partial charge >= 0.3 is 0 Å². The Morgan fingerprint density at radius 1 is 1.50 bits per heavy atom. The lowest BCUT2D eigenvalue weighted by molar-refractivity contribution is 0.00536. The first-order valence-corrected chi connectivity index (χ1v) is 6.72. The normalized spacial score (nSPS) is 18.3. The first kappa shape index (κ1) is 13.5. The zero-order valence-electron chi connectivity index (χ0n) is 11.1. The van der Waals surface area contributed by atoms with Gasteiger partial charge in [0, 0.05) is 26.2 Å². The van der Waals surface area contributed by atoms with E-state index in [1.807, 2.05) is 6.92 Å². The van der Waals surface area contributed by atoms with Crippen LogP contribution in [0.15, 0.2) is 10.8 Å². The maximum Gasteiger partial charge on any atom is 0.181 e. The van der Waals surface area contributed by atoms with Crippen LogP contribution in [-0.4, -0.2) is 42.2 Å². The molecule has 5 nitrogen and oxygen atoms in total. The Kier molecular flexibility index (Phi) is 5.16. The SMILES string of the molecule is Cc1ocnc1CN1CCC(OCCCN)CC1. The summed E-state index contributed by atoms with van der Waals surface area (Å²) in [6, 6.07) is 0. The molecule has 18 heavy (non-hydrogen) atoms. The maximum absolute atomic E-state index is 5.79. The van der Waals surface area contributed by atoms with Crippen LogP contribution in [0, 0.1) is 6.92 Å². The van der Waals surface area contributed by atoms with E-state index in [1.165, 1.54) is 6.39 Å². The monoisotopic (exact) mass is 253 g/mol. The average Bonchev–Trinajstić information content (AvgIpc) is 2.78. The number of aromatic nitrogens is 1. The van der Waals surface area contributed by atoms with E-state index in [4.69, 9.17) is 14.9 Å². The van der Waals surface area contributed by atoms with Gasteiger partial charge in [0.15, 0.2) is 6.39 Å². The summed E-state index contributed by atoms with van der Waals surface area (Å²) in [5.41, 5.74) is 6.51. The lowest BCUT2D eigenvalue weighted by Gasteiger charge is -2.31. The number of aryl methyl sites for hydroxylation is 1. The fourth-order valence-corrected chi connectivity index (χ4v) is 2.26. The summed E-state index contributed by atoms with van der Waals surface area (Å²) >= 11 is 0. The van der Waals surface area contributed by atoms with Gasteiger partial charge in [0.05, 0.1) is 11.8 Å². The van der Waals surface area contributed by atoms with Gasteiger partial charge in [-0.3, -0.25) is 4.90 Å². The Morgan fingerprint density at radius 3 is 2.89 bits per heavy atom. The van der Waals surface area contributed by atoms with Crippen molar-refractivity contribution in [1.29, 1.82) is 0 Å². The molecule has 1 saturated heterocycles. The number of ether oxygens (including phenoxy) is 1. The Hall–Kier alpha value is -0.910. The minimum Gasteiger partial charge on any atom is -0.448 e. The largest absolute Gasteiger partial charge is 0.448 e. The third kappa shape index (κ3) is 3.80. The van der Waals surface area contributed by atoms with Crippen molar-refractivity contribution in [3.05, 3.63) is 17.8 Å². The van der Waals surface area contributed by atoms with Crippen molar-refractivity contribution in [2.24, 2.45) is 5.73 Å². The first-order valence-electron chi connectivity index (χ1n) is 6.72. The predicted octanol–water partition coefficient (Wildman–Crippen LogP) is 1.31. The quantitative estimate of drug-likeness (QED) is 0.774. The second-order valence-electron chi connectivity index (χ2n) is 4.84. The lowest BCUT2D eigenvalue weighted by Crippen LogP contribution is -2.37. The van der Waals surface area contributed by atoms with Crippen molar-refractivity contribution in [1.82, 2.24) is 9.88 Å². The molecule has 2 heterocycles. The van der Waals surface area contributed by atoms with E-state index in [0.29, 0.717) is 12.6 Å². The maximum atomic E-state index is 5.79. The molecule has 0 atom stereocenters. The van der Waals surface area contributed by atoms with Crippen molar-refractivity contribution in [3.63, 3.8) is 0 Å². The number of oxazole rings is 1. The summed E-state index contributed by atoms with van der Waals surface area (Å²) in [5, 5.41) is 0. The highest BCUT2D eigenvalue weighted by Gasteiger charge is 2.20. The van der Waals surface area contributed by atoms with Crippen LogP contribution in [0.5, 0.6) is 0 Å². The summed E-state index contributed by atoms with van der Waals surface area (Å²) < 4.78 is 11.0. The van der Waals surface area contributed by atoms with E-state index in [1.54, 1.807) is 0 Å². The van der Waals surface area contributed by atoms with Crippen LogP contribution >= 0.6 is 0 Å². The van der Waals surface area contributed by atoms with Crippen molar-refractivity contribution >= 4 is 0 Å². The van der Waals surface area contributed by atoms with Gasteiger partial charge in [0.25, 0.3) is 0 Å². The fourth-order valence-electron chi connectivity index (χ4n) is 2.26. The molecule has 5 heteroatoms. The highest BCUT2D eigenvalue weighted by molar-refractivity contribution is 5.04. The zero-order valence-corrected chi connectivity index (χ0v) is 11.1. The minimum absolute atomic E-state index is 0.409. The summed E-state index contributed by atoms with van der Waals surface area (Å²) in [7, 11) is 0. The molecule has 0 radical (unpaired) electrons. The Bertz CT molecular complexity index is 346. The highest BCUT2D eigenvalue weighted by atomic mass is 16.5. The topological polar surface area (TPSA) is 64.5 Å². The molecule has 1 aliphatic heterocycles. The molecule has 0 bridgehead atoms. The van der Waals surface area contributed by atoms with Gasteiger partial charge in [-0.25, -0.2) is 4.98 Å². The smallest absolute Gasteiger partial charge is 0.181 e. The second kappa shape index (κ2) is 6.87. The number of rotatable bonds is 6. The molecule has 0 amide bonds. The van der Waals surface area contributed by atoms with Gasteiger partial charge in [-0.1, -0.05) is 0 Å². The Labute approximate surface area is 108 Å². The molecular formula is C13H23N3O2. The van der Waals surface area contributed by atoms with E-state index in [2.05, 4.69) is 9.88 Å². The standard InChI is InChI=1S/C13H23N3O2/c1-11-13(15-10-18-11)9-16-6-3-12(4-7-16)17-8-2-5-14/h10,12H,2-9,14H2,1H3. The van der Waals surface area contributed by atoms with Crippen molar-refractivity contribution in [2.45, 2.75) is 38.8 Å². The van der Waals surface area contributed by atoms with Crippen LogP contribution < -0.4 is 5.73 Å². The van der Waals surface area contributed by atoms with E-state index in [-0.39, 0.29) is 0 Å². The highest BCUT2D eigenvalue weighted by Crippen LogP contribution is 2.17. The average molecular weight is 253 g/mol. The van der Waals surface area contributed by atoms with E-state index in [9.17, 15) is 0 Å². The van der Waals surface area contributed by atoms with Gasteiger partial charge in [0.2, 0.25) is 0 Å². The summed E-state index contributed by atoms with van der Waals surface area (Å²) in [6.07, 6.45) is 5.08. The van der Waals surface area contributed by atoms with Crippen molar-refractivity contribution < 1.29 is 9.15 Å². The van der Waals surface area contributed by atoms with Crippen LogP contribution in [0.1, 0.15) is 30.7 Å². The Balaban J connectivity index is 1.69. The molecular weight excluding hydrogens is 230 g/mol. The third-order valence-electron chi connectivity index (χ3n) is 3.45. The molecule has 0 unspecified atom stereocenters. The second-order valence-corrected chi connectivity index (χ2v) is 4.84. The fraction of sp³-hybridized carbons (Fsp3) is 0.769. The molecule has 102 valence electrons. The van der Waals surface area contributed by atoms with Crippen molar-refractivity contribution in [3.8, 4) is 0 Å². The molecule has 1 aliphatic rings.